The van der Waals surface area contributed by atoms with Crippen LogP contribution in [0.15, 0.2) is 10.9 Å². The van der Waals surface area contributed by atoms with E-state index < -0.39 is 5.29 Å². The highest BCUT2D eigenvalue weighted by Gasteiger charge is 2.09. The van der Waals surface area contributed by atoms with E-state index in [0.29, 0.717) is 0 Å². The van der Waals surface area contributed by atoms with Crippen LogP contribution in [0.4, 0.5) is 4.39 Å². The van der Waals surface area contributed by atoms with Crippen molar-refractivity contribution in [2.45, 2.75) is 25.7 Å². The summed E-state index contributed by atoms with van der Waals surface area (Å²) in [7, 11) is 0. The lowest BCUT2D eigenvalue weighted by Gasteiger charge is -1.88. The molecule has 1 aliphatic rings. The molecule has 1 rings (SSSR count). The van der Waals surface area contributed by atoms with E-state index in [1.54, 1.807) is 0 Å². The topological polar surface area (TPSA) is 0 Å². The Kier molecular flexibility index (Phi) is 1.90. The van der Waals surface area contributed by atoms with Gasteiger partial charge in [-0.25, -0.2) is 0 Å². The number of hydrogen-bond acceptors (Lipinski definition) is 0. The van der Waals surface area contributed by atoms with Crippen molar-refractivity contribution in [3.63, 3.8) is 0 Å². The molecule has 0 nitrogen and oxygen atoms in total. The molecule has 0 radical (unpaired) electrons. The second kappa shape index (κ2) is 2.49. The Balaban J connectivity index is 2.58. The Morgan fingerprint density at radius 2 is 1.88 bits per heavy atom. The number of rotatable bonds is 0. The molecule has 46 valence electrons. The van der Waals surface area contributed by atoms with Crippen molar-refractivity contribution in [1.82, 2.24) is 0 Å². The van der Waals surface area contributed by atoms with Crippen molar-refractivity contribution in [3.8, 4) is 0 Å². The van der Waals surface area contributed by atoms with Gasteiger partial charge in [0, 0.05) is 0 Å². The molecular weight excluding hydrogens is 127 g/mol. The first-order valence-corrected chi connectivity index (χ1v) is 3.21. The van der Waals surface area contributed by atoms with Gasteiger partial charge >= 0.3 is 0 Å². The lowest BCUT2D eigenvalue weighted by Crippen LogP contribution is -1.70. The molecule has 0 heterocycles. The summed E-state index contributed by atoms with van der Waals surface area (Å²) in [5.74, 6) is 0. The van der Waals surface area contributed by atoms with Gasteiger partial charge in [0.1, 0.15) is 0 Å². The molecule has 0 bridgehead atoms. The standard InChI is InChI=1S/C6H8ClF/c7-6(8)5-3-1-2-4-5/h1-4H2. The summed E-state index contributed by atoms with van der Waals surface area (Å²) in [6.07, 6.45) is 3.95. The van der Waals surface area contributed by atoms with Gasteiger partial charge in [-0.3, -0.25) is 0 Å². The molecule has 8 heavy (non-hydrogen) atoms. The van der Waals surface area contributed by atoms with Crippen molar-refractivity contribution >= 4 is 11.6 Å². The van der Waals surface area contributed by atoms with Crippen LogP contribution in [0.25, 0.3) is 0 Å². The molecule has 0 N–H and O–H groups in total. The van der Waals surface area contributed by atoms with Crippen LogP contribution < -0.4 is 0 Å². The van der Waals surface area contributed by atoms with E-state index in [-0.39, 0.29) is 0 Å². The van der Waals surface area contributed by atoms with Crippen molar-refractivity contribution < 1.29 is 4.39 Å². The highest BCUT2D eigenvalue weighted by Crippen LogP contribution is 2.28. The van der Waals surface area contributed by atoms with Crippen molar-refractivity contribution in [3.05, 3.63) is 10.9 Å². The lowest BCUT2D eigenvalue weighted by atomic mass is 10.3. The van der Waals surface area contributed by atoms with Crippen LogP contribution in [0, 0.1) is 0 Å². The highest BCUT2D eigenvalue weighted by atomic mass is 35.5. The zero-order chi connectivity index (χ0) is 5.98. The van der Waals surface area contributed by atoms with E-state index in [1.165, 1.54) is 0 Å². The SMILES string of the molecule is FC(Cl)=C1CCCC1. The Labute approximate surface area is 53.3 Å². The van der Waals surface area contributed by atoms with E-state index in [4.69, 9.17) is 11.6 Å². The van der Waals surface area contributed by atoms with Gasteiger partial charge in [-0.15, -0.1) is 0 Å². The minimum Gasteiger partial charge on any atom is -0.194 e. The fourth-order valence-corrected chi connectivity index (χ4v) is 1.18. The average Bonchev–Trinajstić information content (AvgIpc) is 2.12. The maximum atomic E-state index is 12.1. The first-order chi connectivity index (χ1) is 3.80. The predicted octanol–water partition coefficient (Wildman–Crippen LogP) is 2.98. The highest BCUT2D eigenvalue weighted by molar-refractivity contribution is 6.28. The second-order valence-corrected chi connectivity index (χ2v) is 2.40. The molecule has 0 saturated heterocycles. The van der Waals surface area contributed by atoms with Gasteiger partial charge in [0.2, 0.25) is 0 Å². The first kappa shape index (κ1) is 6.09. The molecule has 1 aliphatic carbocycles. The van der Waals surface area contributed by atoms with Crippen LogP contribution in [0.3, 0.4) is 0 Å². The molecule has 0 spiro atoms. The minimum absolute atomic E-state index is 0.470. The molecule has 1 fully saturated rings. The van der Waals surface area contributed by atoms with Gasteiger partial charge in [-0.1, -0.05) is 11.6 Å². The first-order valence-electron chi connectivity index (χ1n) is 2.84. The third kappa shape index (κ3) is 1.22. The molecule has 0 atom stereocenters. The van der Waals surface area contributed by atoms with Gasteiger partial charge in [-0.2, -0.15) is 4.39 Å². The smallest absolute Gasteiger partial charge is 0.188 e. The van der Waals surface area contributed by atoms with Gasteiger partial charge in [0.15, 0.2) is 5.29 Å². The largest absolute Gasteiger partial charge is 0.194 e. The summed E-state index contributed by atoms with van der Waals surface area (Å²) < 4.78 is 12.1. The maximum absolute atomic E-state index is 12.1. The third-order valence-corrected chi connectivity index (χ3v) is 1.74. The summed E-state index contributed by atoms with van der Waals surface area (Å²) in [6.45, 7) is 0. The van der Waals surface area contributed by atoms with Gasteiger partial charge in [-0.05, 0) is 31.3 Å². The molecule has 2 heteroatoms. The average molecular weight is 135 g/mol. The predicted molar refractivity (Wildman–Crippen MR) is 32.5 cm³/mol. The molecule has 0 aliphatic heterocycles. The molecule has 1 saturated carbocycles. The van der Waals surface area contributed by atoms with E-state index in [0.717, 1.165) is 31.3 Å². The zero-order valence-electron chi connectivity index (χ0n) is 4.58. The summed E-state index contributed by atoms with van der Waals surface area (Å²) >= 11 is 5.10. The fraction of sp³-hybridized carbons (Fsp3) is 0.667. The van der Waals surface area contributed by atoms with Crippen LogP contribution in [0.1, 0.15) is 25.7 Å². The normalized spacial score (nSPS) is 19.5. The quantitative estimate of drug-likeness (QED) is 0.478. The summed E-state index contributed by atoms with van der Waals surface area (Å²) in [4.78, 5) is 0. The van der Waals surface area contributed by atoms with Crippen LogP contribution in [0.5, 0.6) is 0 Å². The van der Waals surface area contributed by atoms with Gasteiger partial charge < -0.3 is 0 Å². The summed E-state index contributed by atoms with van der Waals surface area (Å²) in [5, 5.41) is -0.470. The van der Waals surface area contributed by atoms with E-state index in [1.807, 2.05) is 0 Å². The Morgan fingerprint density at radius 3 is 2.12 bits per heavy atom. The zero-order valence-corrected chi connectivity index (χ0v) is 5.34. The monoisotopic (exact) mass is 134 g/mol. The number of hydrogen-bond donors (Lipinski definition) is 0. The number of allylic oxidation sites excluding steroid dienone is 1. The Morgan fingerprint density at radius 1 is 1.38 bits per heavy atom. The summed E-state index contributed by atoms with van der Waals surface area (Å²) in [5.41, 5.74) is 0.812. The second-order valence-electron chi connectivity index (χ2n) is 2.07. The lowest BCUT2D eigenvalue weighted by molar-refractivity contribution is 0.675. The van der Waals surface area contributed by atoms with Crippen LogP contribution in [-0.4, -0.2) is 0 Å². The van der Waals surface area contributed by atoms with Crippen LogP contribution in [-0.2, 0) is 0 Å². The van der Waals surface area contributed by atoms with Crippen LogP contribution >= 0.6 is 11.6 Å². The van der Waals surface area contributed by atoms with Gasteiger partial charge in [0.05, 0.1) is 0 Å². The van der Waals surface area contributed by atoms with Gasteiger partial charge in [0.25, 0.3) is 0 Å². The molecule has 0 amide bonds. The van der Waals surface area contributed by atoms with Crippen molar-refractivity contribution in [2.75, 3.05) is 0 Å². The Bertz CT molecular complexity index is 106. The van der Waals surface area contributed by atoms with E-state index in [2.05, 4.69) is 0 Å². The Hall–Kier alpha value is -0.0400. The molecule has 0 unspecified atom stereocenters. The molecular formula is C6H8ClF. The molecule has 0 aromatic carbocycles. The summed E-state index contributed by atoms with van der Waals surface area (Å²) in [6, 6.07) is 0. The van der Waals surface area contributed by atoms with E-state index in [9.17, 15) is 4.39 Å². The maximum Gasteiger partial charge on any atom is 0.188 e. The molecule has 0 aromatic rings. The van der Waals surface area contributed by atoms with E-state index >= 15 is 0 Å². The third-order valence-electron chi connectivity index (χ3n) is 1.47. The van der Waals surface area contributed by atoms with Crippen LogP contribution in [0.2, 0.25) is 0 Å². The fourth-order valence-electron chi connectivity index (χ4n) is 0.991. The van der Waals surface area contributed by atoms with Crippen molar-refractivity contribution in [1.29, 1.82) is 0 Å². The number of halogens is 2. The minimum atomic E-state index is -0.470. The van der Waals surface area contributed by atoms with Crippen molar-refractivity contribution in [2.24, 2.45) is 0 Å². The molecule has 0 aromatic heterocycles.